The fraction of sp³-hybridized carbons (Fsp3) is 0.591. The lowest BCUT2D eigenvalue weighted by molar-refractivity contribution is -0.119. The normalized spacial score (nSPS) is 22.1. The molecule has 4 rings (SSSR count). The van der Waals surface area contributed by atoms with E-state index in [2.05, 4.69) is 44.0 Å². The van der Waals surface area contributed by atoms with Crippen LogP contribution in [0.5, 0.6) is 0 Å². The molecule has 162 valence electrons. The molecule has 2 atom stereocenters. The second-order valence-corrected chi connectivity index (χ2v) is 9.12. The number of ether oxygens (including phenoxy) is 1. The fourth-order valence-electron chi connectivity index (χ4n) is 4.20. The van der Waals surface area contributed by atoms with Gasteiger partial charge >= 0.3 is 0 Å². The van der Waals surface area contributed by atoms with E-state index in [1.54, 1.807) is 0 Å². The zero-order valence-electron chi connectivity index (χ0n) is 17.6. The zero-order chi connectivity index (χ0) is 20.8. The molecule has 8 heteroatoms. The van der Waals surface area contributed by atoms with Crippen molar-refractivity contribution in [3.05, 3.63) is 35.9 Å². The summed E-state index contributed by atoms with van der Waals surface area (Å²) >= 11 is 1.47. The van der Waals surface area contributed by atoms with Crippen molar-refractivity contribution >= 4 is 23.6 Å². The van der Waals surface area contributed by atoms with Gasteiger partial charge in [0.05, 0.1) is 25.5 Å². The second-order valence-electron chi connectivity index (χ2n) is 8.18. The first-order valence-corrected chi connectivity index (χ1v) is 11.9. The molecule has 1 aliphatic carbocycles. The zero-order valence-corrected chi connectivity index (χ0v) is 18.4. The Labute approximate surface area is 182 Å². The van der Waals surface area contributed by atoms with E-state index in [1.165, 1.54) is 36.6 Å². The molecule has 1 amide bonds. The molecule has 1 aliphatic heterocycles. The third-order valence-corrected chi connectivity index (χ3v) is 6.93. The Bertz CT molecular complexity index is 822. The van der Waals surface area contributed by atoms with E-state index < -0.39 is 0 Å². The summed E-state index contributed by atoms with van der Waals surface area (Å²) in [6, 6.07) is 10.6. The van der Waals surface area contributed by atoms with Crippen molar-refractivity contribution in [3.63, 3.8) is 0 Å². The number of carbonyl (C=O) groups excluding carboxylic acids is 1. The highest BCUT2D eigenvalue weighted by molar-refractivity contribution is 7.99. The summed E-state index contributed by atoms with van der Waals surface area (Å²) in [6.45, 7) is 5.92. The Kier molecular flexibility index (Phi) is 7.28. The molecule has 1 N–H and O–H groups in total. The van der Waals surface area contributed by atoms with E-state index in [0.717, 1.165) is 30.6 Å². The number of nitrogens with zero attached hydrogens (tertiary/aromatic N) is 4. The van der Waals surface area contributed by atoms with Crippen LogP contribution in [0.4, 0.5) is 5.95 Å². The van der Waals surface area contributed by atoms with Gasteiger partial charge in [0.15, 0.2) is 5.16 Å². The Balaban J connectivity index is 1.45. The SMILES string of the molecule is C[C@@H]1CCCC[C@H]1NC(=O)CSc1nnc(N2CCOCC2)n1Cc1ccccc1. The number of anilines is 1. The topological polar surface area (TPSA) is 72.3 Å². The summed E-state index contributed by atoms with van der Waals surface area (Å²) in [4.78, 5) is 14.8. The third kappa shape index (κ3) is 5.35. The molecule has 0 radical (unpaired) electrons. The minimum atomic E-state index is 0.0842. The van der Waals surface area contributed by atoms with Crippen molar-refractivity contribution < 1.29 is 9.53 Å². The van der Waals surface area contributed by atoms with E-state index in [1.807, 2.05) is 18.2 Å². The molecule has 2 heterocycles. The highest BCUT2D eigenvalue weighted by atomic mass is 32.2. The summed E-state index contributed by atoms with van der Waals surface area (Å²) in [6.07, 6.45) is 4.77. The Morgan fingerprint density at radius 3 is 2.70 bits per heavy atom. The number of thioether (sulfide) groups is 1. The minimum absolute atomic E-state index is 0.0842. The average Bonchev–Trinajstić information content (AvgIpc) is 3.17. The van der Waals surface area contributed by atoms with Gasteiger partial charge in [0.1, 0.15) is 0 Å². The standard InChI is InChI=1S/C22H31N5O2S/c1-17-7-5-6-10-19(17)23-20(28)16-30-22-25-24-21(26-11-13-29-14-12-26)27(22)15-18-8-3-2-4-9-18/h2-4,8-9,17,19H,5-7,10-16H2,1H3,(H,23,28)/t17-,19-/m1/s1. The second kappa shape index (κ2) is 10.3. The molecule has 0 bridgehead atoms. The molecule has 1 saturated carbocycles. The van der Waals surface area contributed by atoms with Gasteiger partial charge in [-0.2, -0.15) is 0 Å². The van der Waals surface area contributed by atoms with Crippen molar-refractivity contribution in [1.82, 2.24) is 20.1 Å². The van der Waals surface area contributed by atoms with Crippen LogP contribution in [0.25, 0.3) is 0 Å². The third-order valence-electron chi connectivity index (χ3n) is 5.96. The van der Waals surface area contributed by atoms with Crippen molar-refractivity contribution in [2.24, 2.45) is 5.92 Å². The van der Waals surface area contributed by atoms with Gasteiger partial charge in [-0.05, 0) is 24.3 Å². The van der Waals surface area contributed by atoms with Crippen molar-refractivity contribution in [1.29, 1.82) is 0 Å². The van der Waals surface area contributed by atoms with Gasteiger partial charge < -0.3 is 15.0 Å². The minimum Gasteiger partial charge on any atom is -0.378 e. The highest BCUT2D eigenvalue weighted by Gasteiger charge is 2.24. The van der Waals surface area contributed by atoms with E-state index in [-0.39, 0.29) is 5.91 Å². The lowest BCUT2D eigenvalue weighted by Crippen LogP contribution is -2.41. The predicted molar refractivity (Wildman–Crippen MR) is 119 cm³/mol. The summed E-state index contributed by atoms with van der Waals surface area (Å²) in [5.74, 6) is 1.86. The number of amides is 1. The number of hydrogen-bond acceptors (Lipinski definition) is 6. The van der Waals surface area contributed by atoms with Gasteiger partial charge in [-0.25, -0.2) is 0 Å². The molecule has 1 saturated heterocycles. The first kappa shape index (κ1) is 21.2. The van der Waals surface area contributed by atoms with Gasteiger partial charge in [-0.1, -0.05) is 61.9 Å². The highest BCUT2D eigenvalue weighted by Crippen LogP contribution is 2.26. The Morgan fingerprint density at radius 1 is 1.17 bits per heavy atom. The number of benzene rings is 1. The van der Waals surface area contributed by atoms with Crippen molar-refractivity contribution in [2.45, 2.75) is 50.4 Å². The lowest BCUT2D eigenvalue weighted by atomic mass is 9.86. The van der Waals surface area contributed by atoms with Crippen LogP contribution < -0.4 is 10.2 Å². The van der Waals surface area contributed by atoms with E-state index in [9.17, 15) is 4.79 Å². The van der Waals surface area contributed by atoms with Gasteiger partial charge in [-0.3, -0.25) is 9.36 Å². The monoisotopic (exact) mass is 429 g/mol. The van der Waals surface area contributed by atoms with Crippen LogP contribution in [0, 0.1) is 5.92 Å². The molecule has 30 heavy (non-hydrogen) atoms. The van der Waals surface area contributed by atoms with Crippen molar-refractivity contribution in [2.75, 3.05) is 37.0 Å². The maximum Gasteiger partial charge on any atom is 0.230 e. The van der Waals surface area contributed by atoms with Gasteiger partial charge in [0.2, 0.25) is 11.9 Å². The predicted octanol–water partition coefficient (Wildman–Crippen LogP) is 2.95. The summed E-state index contributed by atoms with van der Waals surface area (Å²) in [7, 11) is 0. The number of aromatic nitrogens is 3. The molecule has 0 unspecified atom stereocenters. The van der Waals surface area contributed by atoms with Crippen LogP contribution in [0.2, 0.25) is 0 Å². The van der Waals surface area contributed by atoms with Crippen LogP contribution in [0.3, 0.4) is 0 Å². The summed E-state index contributed by atoms with van der Waals surface area (Å²) in [5, 5.41) is 12.9. The molecular formula is C22H31N5O2S. The first-order chi connectivity index (χ1) is 14.7. The van der Waals surface area contributed by atoms with Gasteiger partial charge in [-0.15, -0.1) is 10.2 Å². The van der Waals surface area contributed by atoms with Crippen LogP contribution in [-0.2, 0) is 16.1 Å². The van der Waals surface area contributed by atoms with E-state index >= 15 is 0 Å². The van der Waals surface area contributed by atoms with Gasteiger partial charge in [0.25, 0.3) is 0 Å². The number of rotatable bonds is 7. The Hall–Kier alpha value is -2.06. The summed E-state index contributed by atoms with van der Waals surface area (Å²) in [5.41, 5.74) is 1.19. The van der Waals surface area contributed by atoms with E-state index in [4.69, 9.17) is 4.74 Å². The first-order valence-electron chi connectivity index (χ1n) is 10.9. The number of carbonyl (C=O) groups is 1. The molecule has 1 aromatic carbocycles. The number of nitrogens with one attached hydrogen (secondary N) is 1. The molecule has 2 aromatic rings. The average molecular weight is 430 g/mol. The molecule has 2 aliphatic rings. The smallest absolute Gasteiger partial charge is 0.230 e. The molecule has 0 spiro atoms. The molecule has 2 fully saturated rings. The van der Waals surface area contributed by atoms with Gasteiger partial charge in [0, 0.05) is 19.1 Å². The molecule has 7 nitrogen and oxygen atoms in total. The van der Waals surface area contributed by atoms with Crippen LogP contribution in [-0.4, -0.2) is 58.8 Å². The number of morpholine rings is 1. The maximum atomic E-state index is 12.6. The van der Waals surface area contributed by atoms with Crippen molar-refractivity contribution in [3.8, 4) is 0 Å². The fourth-order valence-corrected chi connectivity index (χ4v) is 4.94. The quantitative estimate of drug-likeness (QED) is 0.683. The van der Waals surface area contributed by atoms with Crippen LogP contribution in [0.1, 0.15) is 38.2 Å². The van der Waals surface area contributed by atoms with Crippen LogP contribution in [0.15, 0.2) is 35.5 Å². The number of hydrogen-bond donors (Lipinski definition) is 1. The maximum absolute atomic E-state index is 12.6. The largest absolute Gasteiger partial charge is 0.378 e. The molecule has 1 aromatic heterocycles. The Morgan fingerprint density at radius 2 is 1.93 bits per heavy atom. The van der Waals surface area contributed by atoms with E-state index in [0.29, 0.717) is 37.5 Å². The molecular weight excluding hydrogens is 398 g/mol. The lowest BCUT2D eigenvalue weighted by Gasteiger charge is -2.29. The summed E-state index contributed by atoms with van der Waals surface area (Å²) < 4.78 is 7.62. The van der Waals surface area contributed by atoms with Crippen LogP contribution >= 0.6 is 11.8 Å².